The van der Waals surface area contributed by atoms with Gasteiger partial charge in [-0.2, -0.15) is 0 Å². The first-order valence-corrected chi connectivity index (χ1v) is 7.92. The third-order valence-corrected chi connectivity index (χ3v) is 4.31. The number of benzene rings is 1. The largest absolute Gasteiger partial charge is 0.329 e. The number of H-pyrrole nitrogens is 1. The Morgan fingerprint density at radius 1 is 1.32 bits per heavy atom. The molecule has 0 bridgehead atoms. The summed E-state index contributed by atoms with van der Waals surface area (Å²) in [4.78, 5) is 40.2. The van der Waals surface area contributed by atoms with E-state index in [-0.39, 0.29) is 24.0 Å². The lowest BCUT2D eigenvalue weighted by molar-refractivity contribution is 0.0631. The maximum absolute atomic E-state index is 12.9. The van der Waals surface area contributed by atoms with Crippen LogP contribution >= 0.6 is 24.0 Å². The molecule has 0 saturated carbocycles. The molecule has 7 nitrogen and oxygen atoms in total. The lowest BCUT2D eigenvalue weighted by Gasteiger charge is -2.36. The molecule has 1 aromatic heterocycles. The second-order valence-electron chi connectivity index (χ2n) is 5.69. The Bertz CT molecular complexity index is 893. The van der Waals surface area contributed by atoms with Crippen molar-refractivity contribution < 1.29 is 4.79 Å². The molecule has 2 N–H and O–H groups in total. The number of amides is 1. The zero-order chi connectivity index (χ0) is 17.3. The third kappa shape index (κ3) is 3.95. The van der Waals surface area contributed by atoms with Gasteiger partial charge in [-0.3, -0.25) is 14.6 Å². The number of carbonyl (C=O) groups excluding carboxylic acids is 1. The molecule has 0 radical (unpaired) electrons. The molecule has 1 fully saturated rings. The first-order valence-electron chi connectivity index (χ1n) is 7.54. The number of hydrogen-bond donors (Lipinski definition) is 2. The van der Waals surface area contributed by atoms with Crippen molar-refractivity contribution >= 4 is 29.9 Å². The molecule has 1 aromatic carbocycles. The highest BCUT2D eigenvalue weighted by Crippen LogP contribution is 2.25. The Balaban J connectivity index is 0.00000225. The van der Waals surface area contributed by atoms with Gasteiger partial charge in [0.1, 0.15) is 5.56 Å². The van der Waals surface area contributed by atoms with Crippen LogP contribution in [0.2, 0.25) is 5.02 Å². The minimum absolute atomic E-state index is 0. The maximum atomic E-state index is 12.9. The number of aromatic amines is 1. The van der Waals surface area contributed by atoms with Gasteiger partial charge in [0, 0.05) is 37.9 Å². The molecule has 25 heavy (non-hydrogen) atoms. The van der Waals surface area contributed by atoms with Crippen molar-refractivity contribution in [3.63, 3.8) is 0 Å². The Labute approximate surface area is 155 Å². The summed E-state index contributed by atoms with van der Waals surface area (Å²) in [5, 5.41) is 3.83. The molecule has 2 heterocycles. The molecule has 1 atom stereocenters. The third-order valence-electron chi connectivity index (χ3n) is 4.08. The van der Waals surface area contributed by atoms with Gasteiger partial charge in [0.2, 0.25) is 0 Å². The summed E-state index contributed by atoms with van der Waals surface area (Å²) >= 11 is 6.05. The average Bonchev–Trinajstić information content (AvgIpc) is 2.57. The summed E-state index contributed by atoms with van der Waals surface area (Å²) in [6, 6.07) is 7.07. The number of aromatic nitrogens is 2. The van der Waals surface area contributed by atoms with Gasteiger partial charge in [-0.05, 0) is 17.7 Å². The number of rotatable bonds is 2. The van der Waals surface area contributed by atoms with Crippen molar-refractivity contribution in [2.24, 2.45) is 7.05 Å². The number of nitrogens with one attached hydrogen (secondary N) is 2. The molecule has 1 saturated heterocycles. The summed E-state index contributed by atoms with van der Waals surface area (Å²) in [5.74, 6) is -0.404. The predicted molar refractivity (Wildman–Crippen MR) is 97.7 cm³/mol. The minimum Gasteiger partial charge on any atom is -0.329 e. The van der Waals surface area contributed by atoms with E-state index in [2.05, 4.69) is 10.3 Å². The van der Waals surface area contributed by atoms with E-state index in [1.54, 1.807) is 11.0 Å². The van der Waals surface area contributed by atoms with Crippen molar-refractivity contribution in [1.82, 2.24) is 19.8 Å². The van der Waals surface area contributed by atoms with Crippen molar-refractivity contribution in [3.05, 3.63) is 67.4 Å². The van der Waals surface area contributed by atoms with E-state index in [9.17, 15) is 14.4 Å². The van der Waals surface area contributed by atoms with Crippen molar-refractivity contribution in [1.29, 1.82) is 0 Å². The summed E-state index contributed by atoms with van der Waals surface area (Å²) in [6.45, 7) is 1.65. The summed E-state index contributed by atoms with van der Waals surface area (Å²) in [7, 11) is 1.49. The van der Waals surface area contributed by atoms with Crippen molar-refractivity contribution in [3.8, 4) is 0 Å². The van der Waals surface area contributed by atoms with Crippen LogP contribution in [0.1, 0.15) is 22.0 Å². The number of hydrogen-bond acceptors (Lipinski definition) is 4. The van der Waals surface area contributed by atoms with E-state index in [0.29, 0.717) is 24.7 Å². The van der Waals surface area contributed by atoms with Gasteiger partial charge in [-0.25, -0.2) is 4.79 Å². The molecular weight excluding hydrogens is 367 g/mol. The second kappa shape index (κ2) is 7.86. The first-order chi connectivity index (χ1) is 11.5. The van der Waals surface area contributed by atoms with Crippen LogP contribution in [0.5, 0.6) is 0 Å². The topological polar surface area (TPSA) is 87.2 Å². The van der Waals surface area contributed by atoms with Crippen LogP contribution in [0.4, 0.5) is 0 Å². The van der Waals surface area contributed by atoms with Crippen LogP contribution in [0.15, 0.2) is 40.1 Å². The second-order valence-corrected chi connectivity index (χ2v) is 6.12. The van der Waals surface area contributed by atoms with E-state index >= 15 is 0 Å². The monoisotopic (exact) mass is 384 g/mol. The Morgan fingerprint density at radius 2 is 2.08 bits per heavy atom. The van der Waals surface area contributed by atoms with E-state index in [0.717, 1.165) is 5.56 Å². The zero-order valence-electron chi connectivity index (χ0n) is 13.5. The number of nitrogens with zero attached hydrogens (tertiary/aromatic N) is 2. The average molecular weight is 385 g/mol. The Hall–Kier alpha value is -2.09. The molecule has 9 heteroatoms. The summed E-state index contributed by atoms with van der Waals surface area (Å²) in [5.41, 5.74) is -0.384. The minimum atomic E-state index is -0.675. The number of aryl methyl sites for hydroxylation is 1. The first kappa shape index (κ1) is 19.2. The summed E-state index contributed by atoms with van der Waals surface area (Å²) < 4.78 is 1.19. The molecular formula is C16H18Cl2N4O3. The fourth-order valence-electron chi connectivity index (χ4n) is 2.83. The zero-order valence-corrected chi connectivity index (χ0v) is 15.1. The highest BCUT2D eigenvalue weighted by molar-refractivity contribution is 6.30. The molecule has 0 aliphatic carbocycles. The van der Waals surface area contributed by atoms with Crippen molar-refractivity contribution in [2.75, 3.05) is 19.6 Å². The normalized spacial score (nSPS) is 17.0. The molecule has 1 unspecified atom stereocenters. The molecule has 0 spiro atoms. The van der Waals surface area contributed by atoms with E-state index in [4.69, 9.17) is 11.6 Å². The van der Waals surface area contributed by atoms with Gasteiger partial charge in [0.25, 0.3) is 11.5 Å². The number of piperazine rings is 1. The van der Waals surface area contributed by atoms with Gasteiger partial charge >= 0.3 is 5.69 Å². The fourth-order valence-corrected chi connectivity index (χ4v) is 3.03. The van der Waals surface area contributed by atoms with E-state index < -0.39 is 17.2 Å². The number of halogens is 2. The standard InChI is InChI=1S/C16H17ClN4O3.ClH/c1-20-9-12(14(22)19-16(20)24)15(23)21-6-5-18-8-13(21)10-3-2-4-11(17)7-10;/h2-4,7,9,13,18H,5-6,8H2,1H3,(H,19,22,24);1H. The smallest absolute Gasteiger partial charge is 0.328 e. The highest BCUT2D eigenvalue weighted by atomic mass is 35.5. The quantitative estimate of drug-likeness (QED) is 0.806. The van der Waals surface area contributed by atoms with Crippen LogP contribution in [0.25, 0.3) is 0 Å². The van der Waals surface area contributed by atoms with Gasteiger partial charge in [-0.1, -0.05) is 23.7 Å². The van der Waals surface area contributed by atoms with Gasteiger partial charge in [-0.15, -0.1) is 12.4 Å². The maximum Gasteiger partial charge on any atom is 0.328 e. The van der Waals surface area contributed by atoms with E-state index in [1.165, 1.54) is 17.8 Å². The van der Waals surface area contributed by atoms with Crippen LogP contribution in [-0.4, -0.2) is 40.0 Å². The van der Waals surface area contributed by atoms with E-state index in [1.807, 2.05) is 18.2 Å². The van der Waals surface area contributed by atoms with Crippen LogP contribution in [0.3, 0.4) is 0 Å². The summed E-state index contributed by atoms with van der Waals surface area (Å²) in [6.07, 6.45) is 1.28. The SMILES string of the molecule is Cl.Cn1cc(C(=O)N2CCNCC2c2cccc(Cl)c2)c(=O)[nH]c1=O. The van der Waals surface area contributed by atoms with Crippen LogP contribution < -0.4 is 16.6 Å². The Kier molecular flexibility index (Phi) is 6.05. The predicted octanol–water partition coefficient (Wildman–Crippen LogP) is 0.936. The van der Waals surface area contributed by atoms with Crippen LogP contribution in [0, 0.1) is 0 Å². The molecule has 3 rings (SSSR count). The molecule has 1 amide bonds. The number of carbonyl (C=O) groups is 1. The lowest BCUT2D eigenvalue weighted by atomic mass is 10.0. The van der Waals surface area contributed by atoms with Crippen molar-refractivity contribution in [2.45, 2.75) is 6.04 Å². The molecule has 1 aliphatic rings. The van der Waals surface area contributed by atoms with Gasteiger partial charge < -0.3 is 14.8 Å². The molecule has 134 valence electrons. The fraction of sp³-hybridized carbons (Fsp3) is 0.312. The van der Waals surface area contributed by atoms with Gasteiger partial charge in [0.05, 0.1) is 6.04 Å². The van der Waals surface area contributed by atoms with Gasteiger partial charge in [0.15, 0.2) is 0 Å². The van der Waals surface area contributed by atoms with Crippen LogP contribution in [-0.2, 0) is 7.05 Å². The Morgan fingerprint density at radius 3 is 2.80 bits per heavy atom. The molecule has 2 aromatic rings. The lowest BCUT2D eigenvalue weighted by Crippen LogP contribution is -2.50. The molecule has 1 aliphatic heterocycles. The highest BCUT2D eigenvalue weighted by Gasteiger charge is 2.30.